The standard InChI is InChI=1S/C12H22O4S/c1-4-12(2,3)11(13)16-10-6-5-8-17(14,15)9-7-10/h10H,4-9H2,1-3H3. The number of hydrogen-bond donors (Lipinski definition) is 0. The molecule has 4 nitrogen and oxygen atoms in total. The predicted octanol–water partition coefficient (Wildman–Crippen LogP) is 1.93. The first-order valence-corrected chi connectivity index (χ1v) is 8.00. The van der Waals surface area contributed by atoms with Gasteiger partial charge in [-0.1, -0.05) is 6.92 Å². The molecule has 0 radical (unpaired) electrons. The Bertz CT molecular complexity index is 370. The van der Waals surface area contributed by atoms with Crippen LogP contribution in [0.15, 0.2) is 0 Å². The maximum absolute atomic E-state index is 11.9. The topological polar surface area (TPSA) is 60.4 Å². The van der Waals surface area contributed by atoms with Crippen LogP contribution in [0.3, 0.4) is 0 Å². The molecule has 1 fully saturated rings. The van der Waals surface area contributed by atoms with Crippen LogP contribution in [-0.2, 0) is 19.4 Å². The van der Waals surface area contributed by atoms with Gasteiger partial charge in [0.15, 0.2) is 0 Å². The minimum absolute atomic E-state index is 0.136. The van der Waals surface area contributed by atoms with E-state index in [1.807, 2.05) is 20.8 Å². The molecule has 100 valence electrons. The molecule has 1 heterocycles. The molecule has 1 unspecified atom stereocenters. The summed E-state index contributed by atoms with van der Waals surface area (Å²) in [6.07, 6.45) is 2.17. The third kappa shape index (κ3) is 4.30. The second kappa shape index (κ2) is 5.38. The summed E-state index contributed by atoms with van der Waals surface area (Å²) >= 11 is 0. The van der Waals surface area contributed by atoms with E-state index < -0.39 is 15.3 Å². The van der Waals surface area contributed by atoms with Gasteiger partial charge >= 0.3 is 5.97 Å². The highest BCUT2D eigenvalue weighted by Crippen LogP contribution is 2.25. The van der Waals surface area contributed by atoms with Crippen LogP contribution < -0.4 is 0 Å². The summed E-state index contributed by atoms with van der Waals surface area (Å²) in [6.45, 7) is 5.64. The average Bonchev–Trinajstić information content (AvgIpc) is 2.40. The van der Waals surface area contributed by atoms with E-state index in [0.717, 1.165) is 6.42 Å². The number of carbonyl (C=O) groups is 1. The molecule has 0 aromatic carbocycles. The van der Waals surface area contributed by atoms with Gasteiger partial charge in [-0.25, -0.2) is 8.42 Å². The van der Waals surface area contributed by atoms with Crippen LogP contribution in [0.2, 0.25) is 0 Å². The summed E-state index contributed by atoms with van der Waals surface area (Å²) in [6, 6.07) is 0. The van der Waals surface area contributed by atoms with Crippen molar-refractivity contribution < 1.29 is 17.9 Å². The van der Waals surface area contributed by atoms with Crippen LogP contribution in [0, 0.1) is 5.41 Å². The second-order valence-corrected chi connectivity index (χ2v) is 7.65. The van der Waals surface area contributed by atoms with Crippen molar-refractivity contribution in [1.29, 1.82) is 0 Å². The molecule has 17 heavy (non-hydrogen) atoms. The molecular formula is C12H22O4S. The first-order chi connectivity index (χ1) is 7.77. The fourth-order valence-corrected chi connectivity index (χ4v) is 3.09. The zero-order valence-electron chi connectivity index (χ0n) is 10.9. The van der Waals surface area contributed by atoms with Gasteiger partial charge in [0, 0.05) is 0 Å². The number of hydrogen-bond acceptors (Lipinski definition) is 4. The van der Waals surface area contributed by atoms with Gasteiger partial charge in [0.25, 0.3) is 0 Å². The fourth-order valence-electron chi connectivity index (χ4n) is 1.66. The Kier molecular flexibility index (Phi) is 4.58. The molecule has 1 aliphatic heterocycles. The van der Waals surface area contributed by atoms with Crippen molar-refractivity contribution in [3.05, 3.63) is 0 Å². The molecule has 1 saturated heterocycles. The summed E-state index contributed by atoms with van der Waals surface area (Å²) in [5.41, 5.74) is -0.481. The lowest BCUT2D eigenvalue weighted by Crippen LogP contribution is -2.30. The van der Waals surface area contributed by atoms with Crippen molar-refractivity contribution in [2.45, 2.75) is 52.6 Å². The molecule has 0 N–H and O–H groups in total. The molecule has 0 bridgehead atoms. The minimum atomic E-state index is -2.92. The summed E-state index contributed by atoms with van der Waals surface area (Å²) in [5, 5.41) is 0. The lowest BCUT2D eigenvalue weighted by atomic mass is 9.90. The molecule has 1 rings (SSSR count). The Hall–Kier alpha value is -0.580. The van der Waals surface area contributed by atoms with E-state index in [1.165, 1.54) is 0 Å². The van der Waals surface area contributed by atoms with E-state index in [-0.39, 0.29) is 23.6 Å². The van der Waals surface area contributed by atoms with Crippen molar-refractivity contribution in [3.63, 3.8) is 0 Å². The summed E-state index contributed by atoms with van der Waals surface area (Å²) in [7, 11) is -2.92. The van der Waals surface area contributed by atoms with Crippen LogP contribution in [0.1, 0.15) is 46.5 Å². The zero-order valence-corrected chi connectivity index (χ0v) is 11.7. The normalized spacial score (nSPS) is 25.0. The van der Waals surface area contributed by atoms with Crippen LogP contribution in [0.25, 0.3) is 0 Å². The Morgan fingerprint density at radius 1 is 1.29 bits per heavy atom. The van der Waals surface area contributed by atoms with Gasteiger partial charge in [-0.2, -0.15) is 0 Å². The number of rotatable bonds is 3. The smallest absolute Gasteiger partial charge is 0.311 e. The molecule has 0 aromatic heterocycles. The van der Waals surface area contributed by atoms with Crippen molar-refractivity contribution in [3.8, 4) is 0 Å². The second-order valence-electron chi connectivity index (χ2n) is 5.35. The molecule has 0 saturated carbocycles. The molecule has 5 heteroatoms. The molecule has 1 atom stereocenters. The maximum Gasteiger partial charge on any atom is 0.311 e. The maximum atomic E-state index is 11.9. The first-order valence-electron chi connectivity index (χ1n) is 6.18. The lowest BCUT2D eigenvalue weighted by molar-refractivity contribution is -0.160. The quantitative estimate of drug-likeness (QED) is 0.729. The Morgan fingerprint density at radius 2 is 1.94 bits per heavy atom. The Morgan fingerprint density at radius 3 is 2.53 bits per heavy atom. The lowest BCUT2D eigenvalue weighted by Gasteiger charge is -2.24. The van der Waals surface area contributed by atoms with E-state index in [2.05, 4.69) is 0 Å². The van der Waals surface area contributed by atoms with Crippen LogP contribution in [0.4, 0.5) is 0 Å². The summed E-state index contributed by atoms with van der Waals surface area (Å²) in [5.74, 6) is 0.139. The van der Waals surface area contributed by atoms with Gasteiger partial charge in [0.1, 0.15) is 15.9 Å². The van der Waals surface area contributed by atoms with E-state index in [0.29, 0.717) is 19.3 Å². The molecule has 0 aromatic rings. The van der Waals surface area contributed by atoms with Gasteiger partial charge in [-0.3, -0.25) is 4.79 Å². The number of carbonyl (C=O) groups excluding carboxylic acids is 1. The van der Waals surface area contributed by atoms with Crippen LogP contribution in [0.5, 0.6) is 0 Å². The number of sulfone groups is 1. The minimum Gasteiger partial charge on any atom is -0.462 e. The predicted molar refractivity (Wildman–Crippen MR) is 66.5 cm³/mol. The largest absolute Gasteiger partial charge is 0.462 e. The molecule has 0 amide bonds. The summed E-state index contributed by atoms with van der Waals surface area (Å²) in [4.78, 5) is 11.9. The molecule has 0 spiro atoms. The van der Waals surface area contributed by atoms with E-state index in [4.69, 9.17) is 4.74 Å². The van der Waals surface area contributed by atoms with Gasteiger partial charge in [0.2, 0.25) is 0 Å². The van der Waals surface area contributed by atoms with Crippen LogP contribution in [-0.4, -0.2) is 32.0 Å². The number of esters is 1. The SMILES string of the molecule is CCC(C)(C)C(=O)OC1CCCS(=O)(=O)CC1. The van der Waals surface area contributed by atoms with E-state index >= 15 is 0 Å². The van der Waals surface area contributed by atoms with Gasteiger partial charge in [-0.15, -0.1) is 0 Å². The third-order valence-corrected chi connectivity index (χ3v) is 5.21. The van der Waals surface area contributed by atoms with Gasteiger partial charge < -0.3 is 4.74 Å². The zero-order chi connectivity index (χ0) is 13.1. The third-order valence-electron chi connectivity index (χ3n) is 3.44. The average molecular weight is 262 g/mol. The van der Waals surface area contributed by atoms with Gasteiger partial charge in [0.05, 0.1) is 16.9 Å². The fraction of sp³-hybridized carbons (Fsp3) is 0.917. The molecular weight excluding hydrogens is 240 g/mol. The highest BCUT2D eigenvalue weighted by molar-refractivity contribution is 7.91. The molecule has 0 aliphatic carbocycles. The van der Waals surface area contributed by atoms with Crippen molar-refractivity contribution in [1.82, 2.24) is 0 Å². The van der Waals surface area contributed by atoms with Crippen molar-refractivity contribution in [2.24, 2.45) is 5.41 Å². The summed E-state index contributed by atoms with van der Waals surface area (Å²) < 4.78 is 28.2. The molecule has 1 aliphatic rings. The van der Waals surface area contributed by atoms with Crippen molar-refractivity contribution >= 4 is 15.8 Å². The Balaban J connectivity index is 2.56. The highest BCUT2D eigenvalue weighted by Gasteiger charge is 2.31. The van der Waals surface area contributed by atoms with Crippen molar-refractivity contribution in [2.75, 3.05) is 11.5 Å². The first kappa shape index (κ1) is 14.5. The Labute approximate surface area is 104 Å². The monoisotopic (exact) mass is 262 g/mol. The van der Waals surface area contributed by atoms with Gasteiger partial charge in [-0.05, 0) is 39.5 Å². The number of ether oxygens (including phenoxy) is 1. The highest BCUT2D eigenvalue weighted by atomic mass is 32.2. The van der Waals surface area contributed by atoms with E-state index in [9.17, 15) is 13.2 Å². The van der Waals surface area contributed by atoms with Crippen LogP contribution >= 0.6 is 0 Å². The van der Waals surface area contributed by atoms with E-state index in [1.54, 1.807) is 0 Å².